The van der Waals surface area contributed by atoms with Gasteiger partial charge in [-0.15, -0.1) is 0 Å². The zero-order valence-corrected chi connectivity index (χ0v) is 53.9. The van der Waals surface area contributed by atoms with Crippen molar-refractivity contribution in [3.8, 4) is 5.75 Å². The minimum atomic E-state index is -1.77. The lowest BCUT2D eigenvalue weighted by molar-refractivity contribution is -0.147. The lowest BCUT2D eigenvalue weighted by Gasteiger charge is -2.37. The predicted octanol–water partition coefficient (Wildman–Crippen LogP) is 3.03. The molecule has 0 unspecified atom stereocenters. The molecule has 23 nitrogen and oxygen atoms in total. The van der Waals surface area contributed by atoms with Gasteiger partial charge in [0.1, 0.15) is 59.4 Å². The fraction of sp³-hybridized carbons (Fsp3) is 0.455. The van der Waals surface area contributed by atoms with E-state index < -0.39 is 107 Å². The highest BCUT2D eigenvalue weighted by Gasteiger charge is 2.48. The van der Waals surface area contributed by atoms with Crippen molar-refractivity contribution < 1.29 is 62.2 Å². The Bertz CT molecular complexity index is 3500. The summed E-state index contributed by atoms with van der Waals surface area (Å²) >= 11 is 3.16. The molecule has 9 atom stereocenters. The number of aromatic nitrogens is 1. The first-order valence-corrected chi connectivity index (χ1v) is 33.2. The van der Waals surface area contributed by atoms with Gasteiger partial charge in [0.05, 0.1) is 13.2 Å². The summed E-state index contributed by atoms with van der Waals surface area (Å²) in [5.41, 5.74) is 3.43. The van der Waals surface area contributed by atoms with Crippen LogP contribution in [0.3, 0.4) is 0 Å². The highest BCUT2D eigenvalue weighted by molar-refractivity contribution is 7.98. The second-order valence-corrected chi connectivity index (χ2v) is 26.0. The summed E-state index contributed by atoms with van der Waals surface area (Å²) in [6.07, 6.45) is -0.119. The molecule has 4 heterocycles. The van der Waals surface area contributed by atoms with Crippen molar-refractivity contribution >= 4 is 93.5 Å². The normalized spacial score (nSPS) is 25.2. The maximum absolute atomic E-state index is 15.0. The molecule has 0 spiro atoms. The largest absolute Gasteiger partial charge is 0.497 e. The van der Waals surface area contributed by atoms with Gasteiger partial charge in [-0.05, 0) is 117 Å². The highest BCUT2D eigenvalue weighted by atomic mass is 32.2. The topological polar surface area (TPSA) is 327 Å². The van der Waals surface area contributed by atoms with Crippen LogP contribution in [-0.2, 0) is 85.3 Å². The van der Waals surface area contributed by atoms with Crippen molar-refractivity contribution in [3.05, 3.63) is 136 Å². The number of H-pyrrole nitrogens is 1. The van der Waals surface area contributed by atoms with E-state index in [2.05, 4.69) is 58.9 Å². The molecule has 0 aliphatic carbocycles. The molecule has 26 heteroatoms. The second kappa shape index (κ2) is 32.7. The van der Waals surface area contributed by atoms with E-state index in [-0.39, 0.29) is 69.8 Å². The number of amides is 10. The number of aliphatic hydroxyl groups excluding tert-OH is 1. The third kappa shape index (κ3) is 19.1. The van der Waals surface area contributed by atoms with Gasteiger partial charge in [0.25, 0.3) is 0 Å². The van der Waals surface area contributed by atoms with E-state index in [0.717, 1.165) is 11.1 Å². The van der Waals surface area contributed by atoms with Gasteiger partial charge in [0.2, 0.25) is 59.1 Å². The van der Waals surface area contributed by atoms with Crippen LogP contribution in [-0.4, -0.2) is 160 Å². The number of fused-ring (bicyclic) bond motifs is 12. The van der Waals surface area contributed by atoms with Gasteiger partial charge in [-0.3, -0.25) is 47.9 Å². The number of aliphatic hydroxyl groups is 1. The van der Waals surface area contributed by atoms with Crippen LogP contribution in [0.2, 0.25) is 0 Å². The summed E-state index contributed by atoms with van der Waals surface area (Å²) in [5.74, 6) is -4.86. The van der Waals surface area contributed by atoms with Gasteiger partial charge < -0.3 is 67.6 Å². The molecule has 1 saturated heterocycles. The Morgan fingerprint density at radius 3 is 2.03 bits per heavy atom. The number of carbonyl (C=O) groups is 10. The Labute approximate surface area is 542 Å². The van der Waals surface area contributed by atoms with Crippen LogP contribution in [0.1, 0.15) is 99.6 Å². The van der Waals surface area contributed by atoms with Crippen molar-refractivity contribution in [1.82, 2.24) is 57.7 Å². The minimum Gasteiger partial charge on any atom is -0.497 e. The number of aromatic amines is 1. The van der Waals surface area contributed by atoms with E-state index in [1.807, 2.05) is 18.2 Å². The summed E-state index contributed by atoms with van der Waals surface area (Å²) < 4.78 is 20.2. The Kier molecular flexibility index (Phi) is 24.7. The first kappa shape index (κ1) is 69.4. The zero-order chi connectivity index (χ0) is 66.1. The van der Waals surface area contributed by atoms with E-state index >= 15 is 9.59 Å². The number of rotatable bonds is 6. The Morgan fingerprint density at radius 2 is 1.30 bits per heavy atom. The van der Waals surface area contributed by atoms with Crippen LogP contribution in [0.25, 0.3) is 10.9 Å². The lowest BCUT2D eigenvalue weighted by Crippen LogP contribution is -2.63. The maximum Gasteiger partial charge on any atom is 0.246 e. The van der Waals surface area contributed by atoms with Gasteiger partial charge in [0, 0.05) is 91.8 Å². The van der Waals surface area contributed by atoms with Crippen LogP contribution in [0.4, 0.5) is 4.39 Å². The predicted molar refractivity (Wildman–Crippen MR) is 347 cm³/mol. The first-order chi connectivity index (χ1) is 44.1. The summed E-state index contributed by atoms with van der Waals surface area (Å²) in [6, 6.07) is 15.7. The van der Waals surface area contributed by atoms with Gasteiger partial charge >= 0.3 is 0 Å². The molecule has 92 heavy (non-hydrogen) atoms. The maximum atomic E-state index is 15.0. The molecule has 1 fully saturated rings. The highest BCUT2D eigenvalue weighted by Crippen LogP contribution is 2.31. The number of benzene rings is 4. The average molecular weight is 1300 g/mol. The number of hydrogen-bond acceptors (Lipinski definition) is 14. The lowest BCUT2D eigenvalue weighted by atomic mass is 9.95. The van der Waals surface area contributed by atoms with Crippen molar-refractivity contribution in [2.24, 2.45) is 0 Å². The molecule has 11 N–H and O–H groups in total. The zero-order valence-electron chi connectivity index (χ0n) is 52.2. The van der Waals surface area contributed by atoms with E-state index in [9.17, 15) is 47.9 Å². The number of ether oxygens (including phenoxy) is 1. The van der Waals surface area contributed by atoms with Crippen molar-refractivity contribution in [2.75, 3.05) is 31.7 Å². The Hall–Kier alpha value is -8.49. The van der Waals surface area contributed by atoms with Crippen molar-refractivity contribution in [1.29, 1.82) is 0 Å². The number of thioether (sulfide) groups is 2. The monoisotopic (exact) mass is 1300 g/mol. The van der Waals surface area contributed by atoms with E-state index in [1.54, 1.807) is 79.0 Å². The number of hydrogen-bond donors (Lipinski definition) is 11. The van der Waals surface area contributed by atoms with Gasteiger partial charge in [-0.25, -0.2) is 4.39 Å². The second-order valence-electron chi connectivity index (χ2n) is 23.7. The third-order valence-electron chi connectivity index (χ3n) is 16.6. The molecule has 4 aromatic carbocycles. The number of nitrogens with zero attached hydrogens (tertiary/aromatic N) is 1. The molecule has 6 bridgehead atoms. The number of nitrogens with one attached hydrogen (secondary N) is 10. The van der Waals surface area contributed by atoms with Crippen LogP contribution < -0.4 is 52.6 Å². The Morgan fingerprint density at radius 1 is 0.652 bits per heavy atom. The molecule has 3 aliphatic heterocycles. The fourth-order valence-electron chi connectivity index (χ4n) is 11.3. The molecule has 0 radical (unpaired) electrons. The van der Waals surface area contributed by atoms with E-state index in [4.69, 9.17) is 4.74 Å². The van der Waals surface area contributed by atoms with E-state index in [0.29, 0.717) is 81.3 Å². The van der Waals surface area contributed by atoms with Gasteiger partial charge in [0.15, 0.2) is 0 Å². The molecule has 5 aromatic rings. The molecular weight excluding hydrogens is 1220 g/mol. The number of methoxy groups -OCH3 is 1. The smallest absolute Gasteiger partial charge is 0.246 e. The van der Waals surface area contributed by atoms with Crippen LogP contribution >= 0.6 is 23.5 Å². The molecular formula is C66H82FN11O12S2. The Balaban J connectivity index is 1.13. The summed E-state index contributed by atoms with van der Waals surface area (Å²) in [6.45, 7) is 6.33. The van der Waals surface area contributed by atoms with Crippen LogP contribution in [0.15, 0.2) is 97.2 Å². The van der Waals surface area contributed by atoms with Crippen LogP contribution in [0, 0.1) is 5.82 Å². The van der Waals surface area contributed by atoms with Gasteiger partial charge in [-0.2, -0.15) is 23.5 Å². The third-order valence-corrected chi connectivity index (χ3v) is 18.7. The molecule has 10 amide bonds. The number of carbonyl (C=O) groups excluding carboxylic acids is 10. The average Bonchev–Trinajstić information content (AvgIpc) is 1.60. The molecule has 492 valence electrons. The van der Waals surface area contributed by atoms with E-state index in [1.165, 1.54) is 57.2 Å². The van der Waals surface area contributed by atoms with Crippen molar-refractivity contribution in [2.45, 2.75) is 157 Å². The number of halogens is 1. The molecule has 8 rings (SSSR count). The standard InChI is InChI=1S/C66H82FN11O12S2/c1-38-58(82)72-39(2)59(83)74-52-31-42-10-6-11-43(28-42)34-70-55(80)15-8-14-51(73-62(86)53(75-61(52)85)32-46-35-69-50-21-18-47(67)33-49(46)50)60(84)77-57(40(3)79)63(87)76-54(30-41-16-19-48(90-5)20-17-41)64(88)78-25-9-23-66(78,4)65(89)68-24-27-92-37-45-13-7-12-44(29-45)36-91-26-22-56(81)71-38/h6-7,10-13,16-21,28-29,33,35,38-40,51-54,57,69,79H,8-9,14-15,22-27,30-32,34,36-37H2,1-5H3,(H,68,89)(H,70,80)(H,71,81)(H,72,82)(H,73,86)(H,74,83)(H,75,85)(H,76,87)(H,77,84)/t38-,39+,40+,51-,52-,53-,54-,57-,66-/m0/s1. The summed E-state index contributed by atoms with van der Waals surface area (Å²) in [5, 5.41) is 36.4. The summed E-state index contributed by atoms with van der Waals surface area (Å²) in [4.78, 5) is 148. The molecule has 1 aromatic heterocycles. The quantitative estimate of drug-likeness (QED) is 0.117. The van der Waals surface area contributed by atoms with Crippen LogP contribution in [0.5, 0.6) is 5.75 Å². The molecule has 0 saturated carbocycles. The first-order valence-electron chi connectivity index (χ1n) is 30.9. The van der Waals surface area contributed by atoms with Crippen molar-refractivity contribution in [3.63, 3.8) is 0 Å². The van der Waals surface area contributed by atoms with Gasteiger partial charge in [-0.1, -0.05) is 60.7 Å². The fourth-order valence-corrected chi connectivity index (χ4v) is 13.0. The minimum absolute atomic E-state index is 0.00439. The SMILES string of the molecule is COc1ccc(C[C@@H]2NC(=O)[C@H]([C@@H](C)O)NC(=O)[C@@H]3CCCC(=O)NCc4cccc(c4)C[C@H](NC(=O)[C@@H](C)NC(=O)[C@H](C)NC(=O)CCSCc4cccc(c4)CSCCNC(=O)[C@]4(C)CCCN4C2=O)C(=O)N[C@@H](Cc2c[nH]c4ccc(F)cc24)C(=O)N3)cc1. The summed E-state index contributed by atoms with van der Waals surface area (Å²) in [7, 11) is 1.50. The molecule has 3 aliphatic rings.